The van der Waals surface area contributed by atoms with Crippen molar-refractivity contribution in [3.05, 3.63) is 35.6 Å². The molecule has 0 saturated heterocycles. The van der Waals surface area contributed by atoms with Crippen molar-refractivity contribution in [2.24, 2.45) is 5.41 Å². The Labute approximate surface area is 114 Å². The summed E-state index contributed by atoms with van der Waals surface area (Å²) < 4.78 is 14.1. The summed E-state index contributed by atoms with van der Waals surface area (Å²) in [5.41, 5.74) is -0.346. The maximum atomic E-state index is 14.1. The molecule has 104 valence electrons. The summed E-state index contributed by atoms with van der Waals surface area (Å²) in [5.74, 6) is -0.240. The van der Waals surface area contributed by atoms with Crippen LogP contribution in [0.4, 0.5) is 4.39 Å². The van der Waals surface area contributed by atoms with E-state index in [9.17, 15) is 9.18 Å². The summed E-state index contributed by atoms with van der Waals surface area (Å²) in [6, 6.07) is 6.79. The Morgan fingerprint density at radius 1 is 1.21 bits per heavy atom. The third kappa shape index (κ3) is 2.80. The predicted octanol–water partition coefficient (Wildman–Crippen LogP) is 3.76. The first kappa shape index (κ1) is 14.0. The van der Waals surface area contributed by atoms with Gasteiger partial charge in [0, 0.05) is 11.0 Å². The average molecular weight is 263 g/mol. The molecule has 0 spiro atoms. The highest BCUT2D eigenvalue weighted by Gasteiger charge is 2.40. The van der Waals surface area contributed by atoms with Crippen LogP contribution < -0.4 is 5.32 Å². The molecule has 1 fully saturated rings. The zero-order valence-corrected chi connectivity index (χ0v) is 11.9. The molecule has 1 amide bonds. The van der Waals surface area contributed by atoms with E-state index < -0.39 is 11.0 Å². The molecule has 0 unspecified atom stereocenters. The van der Waals surface area contributed by atoms with Crippen molar-refractivity contribution in [3.8, 4) is 0 Å². The standard InChI is InChI=1S/C16H22FNO/c1-15(2,3)14(19)18-16(10-6-7-11-16)12-8-4-5-9-13(12)17/h4-5,8-9H,6-7,10-11H2,1-3H3,(H,18,19). The SMILES string of the molecule is CC(C)(C)C(=O)NC1(c2ccccc2F)CCCC1. The summed E-state index contributed by atoms with van der Waals surface area (Å²) in [7, 11) is 0. The monoisotopic (exact) mass is 263 g/mol. The first-order chi connectivity index (χ1) is 8.85. The smallest absolute Gasteiger partial charge is 0.226 e. The Bertz CT molecular complexity index is 470. The molecule has 1 aromatic carbocycles. The molecule has 1 aromatic rings. The van der Waals surface area contributed by atoms with Gasteiger partial charge in [0.05, 0.1) is 5.54 Å². The highest BCUT2D eigenvalue weighted by molar-refractivity contribution is 5.82. The van der Waals surface area contributed by atoms with Gasteiger partial charge in [-0.05, 0) is 18.9 Å². The van der Waals surface area contributed by atoms with Crippen LogP contribution in [0.5, 0.6) is 0 Å². The maximum Gasteiger partial charge on any atom is 0.226 e. The second-order valence-electron chi connectivity index (χ2n) is 6.47. The van der Waals surface area contributed by atoms with E-state index in [2.05, 4.69) is 5.32 Å². The first-order valence-corrected chi connectivity index (χ1v) is 6.93. The lowest BCUT2D eigenvalue weighted by Gasteiger charge is -2.34. The molecule has 0 aromatic heterocycles. The van der Waals surface area contributed by atoms with Gasteiger partial charge in [0.1, 0.15) is 5.82 Å². The number of carbonyl (C=O) groups is 1. The molecule has 0 atom stereocenters. The minimum atomic E-state index is -0.518. The van der Waals surface area contributed by atoms with E-state index in [1.165, 1.54) is 6.07 Å². The summed E-state index contributed by atoms with van der Waals surface area (Å²) in [4.78, 5) is 12.3. The van der Waals surface area contributed by atoms with Crippen molar-refractivity contribution in [2.45, 2.75) is 52.0 Å². The molecule has 0 radical (unpaired) electrons. The minimum Gasteiger partial charge on any atom is -0.346 e. The van der Waals surface area contributed by atoms with Crippen molar-refractivity contribution in [1.29, 1.82) is 0 Å². The predicted molar refractivity (Wildman–Crippen MR) is 74.1 cm³/mol. The molecule has 2 nitrogen and oxygen atoms in total. The Kier molecular flexibility index (Phi) is 3.66. The molecular formula is C16H22FNO. The van der Waals surface area contributed by atoms with Gasteiger partial charge in [0.25, 0.3) is 0 Å². The summed E-state index contributed by atoms with van der Waals surface area (Å²) in [5, 5.41) is 3.11. The number of amides is 1. The minimum absolute atomic E-state index is 0.0161. The van der Waals surface area contributed by atoms with Gasteiger partial charge in [0.2, 0.25) is 5.91 Å². The molecule has 0 bridgehead atoms. The average Bonchev–Trinajstić information content (AvgIpc) is 2.78. The van der Waals surface area contributed by atoms with Crippen LogP contribution in [0.15, 0.2) is 24.3 Å². The fraction of sp³-hybridized carbons (Fsp3) is 0.562. The lowest BCUT2D eigenvalue weighted by molar-refractivity contribution is -0.130. The Morgan fingerprint density at radius 2 is 1.79 bits per heavy atom. The number of nitrogens with one attached hydrogen (secondary N) is 1. The number of hydrogen-bond donors (Lipinski definition) is 1. The zero-order valence-electron chi connectivity index (χ0n) is 11.9. The fourth-order valence-corrected chi connectivity index (χ4v) is 2.69. The number of hydrogen-bond acceptors (Lipinski definition) is 1. The van der Waals surface area contributed by atoms with Crippen LogP contribution in [-0.4, -0.2) is 5.91 Å². The third-order valence-corrected chi connectivity index (χ3v) is 3.88. The van der Waals surface area contributed by atoms with Gasteiger partial charge in [-0.3, -0.25) is 4.79 Å². The van der Waals surface area contributed by atoms with Crippen molar-refractivity contribution in [3.63, 3.8) is 0 Å². The van der Waals surface area contributed by atoms with Gasteiger partial charge in [-0.1, -0.05) is 51.8 Å². The Hall–Kier alpha value is -1.38. The van der Waals surface area contributed by atoms with Gasteiger partial charge < -0.3 is 5.32 Å². The van der Waals surface area contributed by atoms with Crippen LogP contribution in [0.3, 0.4) is 0 Å². The molecule has 0 aliphatic heterocycles. The highest BCUT2D eigenvalue weighted by atomic mass is 19.1. The van der Waals surface area contributed by atoms with Gasteiger partial charge >= 0.3 is 0 Å². The lowest BCUT2D eigenvalue weighted by Crippen LogP contribution is -2.48. The molecule has 1 aliphatic rings. The van der Waals surface area contributed by atoms with Crippen LogP contribution in [0.25, 0.3) is 0 Å². The number of benzene rings is 1. The largest absolute Gasteiger partial charge is 0.346 e. The quantitative estimate of drug-likeness (QED) is 0.865. The first-order valence-electron chi connectivity index (χ1n) is 6.93. The number of halogens is 1. The maximum absolute atomic E-state index is 14.1. The van der Waals surface area contributed by atoms with Gasteiger partial charge in [0.15, 0.2) is 0 Å². The molecule has 1 aliphatic carbocycles. The number of rotatable bonds is 2. The van der Waals surface area contributed by atoms with Crippen LogP contribution >= 0.6 is 0 Å². The Morgan fingerprint density at radius 3 is 2.32 bits per heavy atom. The highest BCUT2D eigenvalue weighted by Crippen LogP contribution is 2.40. The van der Waals surface area contributed by atoms with Crippen molar-refractivity contribution >= 4 is 5.91 Å². The van der Waals surface area contributed by atoms with E-state index in [1.807, 2.05) is 26.8 Å². The Balaban J connectivity index is 2.34. The second kappa shape index (κ2) is 4.95. The molecule has 1 N–H and O–H groups in total. The van der Waals surface area contributed by atoms with E-state index >= 15 is 0 Å². The van der Waals surface area contributed by atoms with Gasteiger partial charge in [-0.15, -0.1) is 0 Å². The van der Waals surface area contributed by atoms with Crippen LogP contribution in [0, 0.1) is 11.2 Å². The van der Waals surface area contributed by atoms with Gasteiger partial charge in [-0.2, -0.15) is 0 Å². The topological polar surface area (TPSA) is 29.1 Å². The van der Waals surface area contributed by atoms with Crippen molar-refractivity contribution in [2.75, 3.05) is 0 Å². The van der Waals surface area contributed by atoms with E-state index in [0.717, 1.165) is 25.7 Å². The molecule has 3 heteroatoms. The normalized spacial score (nSPS) is 18.3. The lowest BCUT2D eigenvalue weighted by atomic mass is 9.85. The van der Waals surface area contributed by atoms with E-state index in [4.69, 9.17) is 0 Å². The zero-order chi connectivity index (χ0) is 14.1. The van der Waals surface area contributed by atoms with Crippen LogP contribution in [0.1, 0.15) is 52.0 Å². The van der Waals surface area contributed by atoms with E-state index in [0.29, 0.717) is 5.56 Å². The summed E-state index contributed by atoms with van der Waals surface area (Å²) in [6.45, 7) is 5.64. The van der Waals surface area contributed by atoms with Crippen LogP contribution in [0.2, 0.25) is 0 Å². The van der Waals surface area contributed by atoms with E-state index in [-0.39, 0.29) is 11.7 Å². The second-order valence-corrected chi connectivity index (χ2v) is 6.47. The molecule has 2 rings (SSSR count). The molecule has 0 heterocycles. The fourth-order valence-electron chi connectivity index (χ4n) is 2.69. The molecule has 19 heavy (non-hydrogen) atoms. The van der Waals surface area contributed by atoms with Crippen molar-refractivity contribution in [1.82, 2.24) is 5.32 Å². The third-order valence-electron chi connectivity index (χ3n) is 3.88. The number of carbonyl (C=O) groups excluding carboxylic acids is 1. The van der Waals surface area contributed by atoms with Crippen molar-refractivity contribution < 1.29 is 9.18 Å². The van der Waals surface area contributed by atoms with Gasteiger partial charge in [-0.25, -0.2) is 4.39 Å². The van der Waals surface area contributed by atoms with Crippen LogP contribution in [-0.2, 0) is 10.3 Å². The summed E-state index contributed by atoms with van der Waals surface area (Å²) in [6.07, 6.45) is 3.68. The summed E-state index contributed by atoms with van der Waals surface area (Å²) >= 11 is 0. The van der Waals surface area contributed by atoms with E-state index in [1.54, 1.807) is 12.1 Å². The molecular weight excluding hydrogens is 241 g/mol. The molecule has 1 saturated carbocycles.